The van der Waals surface area contributed by atoms with Crippen LogP contribution in [0.5, 0.6) is 0 Å². The summed E-state index contributed by atoms with van der Waals surface area (Å²) in [5.74, 6) is 1.08. The van der Waals surface area contributed by atoms with Crippen LogP contribution in [0, 0.1) is 0 Å². The van der Waals surface area contributed by atoms with Gasteiger partial charge in [0, 0.05) is 12.1 Å². The molecule has 1 heterocycles. The lowest BCUT2D eigenvalue weighted by Gasteiger charge is -2.33. The number of sulfonamides is 1. The first kappa shape index (κ1) is 18.6. The van der Waals surface area contributed by atoms with Crippen LogP contribution in [0.15, 0.2) is 75.8 Å². The first-order chi connectivity index (χ1) is 13.5. The topological polar surface area (TPSA) is 103 Å². The Labute approximate surface area is 165 Å². The molecule has 1 saturated carbocycles. The summed E-state index contributed by atoms with van der Waals surface area (Å²) in [5.41, 5.74) is 1.04. The Balaban J connectivity index is 1.64. The predicted octanol–water partition coefficient (Wildman–Crippen LogP) is 2.44. The lowest BCUT2D eigenvalue weighted by Crippen LogP contribution is -2.48. The van der Waals surface area contributed by atoms with Gasteiger partial charge in [-0.15, -0.1) is 0 Å². The lowest BCUT2D eigenvalue weighted by molar-refractivity contribution is 0.371. The van der Waals surface area contributed by atoms with E-state index in [1.54, 1.807) is 42.5 Å². The van der Waals surface area contributed by atoms with Crippen LogP contribution in [0.25, 0.3) is 0 Å². The van der Waals surface area contributed by atoms with E-state index in [0.29, 0.717) is 18.1 Å². The quantitative estimate of drug-likeness (QED) is 0.608. The summed E-state index contributed by atoms with van der Waals surface area (Å²) in [6, 6.07) is 8.15. The molecule has 2 atom stereocenters. The molecule has 8 heteroatoms. The maximum atomic E-state index is 12.8. The normalized spacial score (nSPS) is 24.6. The molecule has 0 spiro atoms. The van der Waals surface area contributed by atoms with Crippen molar-refractivity contribution < 1.29 is 13.5 Å². The second-order valence-corrected chi connectivity index (χ2v) is 8.87. The summed E-state index contributed by atoms with van der Waals surface area (Å²) in [7, 11) is -3.74. The van der Waals surface area contributed by atoms with Crippen LogP contribution in [0.3, 0.4) is 0 Å². The molecule has 0 saturated heterocycles. The van der Waals surface area contributed by atoms with Crippen LogP contribution in [0.4, 0.5) is 0 Å². The lowest BCUT2D eigenvalue weighted by atomic mass is 9.92. The highest BCUT2D eigenvalue weighted by Crippen LogP contribution is 2.23. The highest BCUT2D eigenvalue weighted by molar-refractivity contribution is 7.89. The van der Waals surface area contributed by atoms with Crippen molar-refractivity contribution >= 4 is 15.7 Å². The maximum absolute atomic E-state index is 12.8. The third kappa shape index (κ3) is 4.06. The summed E-state index contributed by atoms with van der Waals surface area (Å²) in [5, 5.41) is 16.4. The van der Waals surface area contributed by atoms with Crippen LogP contribution in [0.1, 0.15) is 32.1 Å². The molecule has 148 valence electrons. The summed E-state index contributed by atoms with van der Waals surface area (Å²) in [6.45, 7) is 0. The zero-order chi connectivity index (χ0) is 19.6. The fourth-order valence-electron chi connectivity index (χ4n) is 3.64. The molecule has 1 aliphatic heterocycles. The number of aliphatic imine (C=N–C) groups is 1. The molecule has 0 aromatic heterocycles. The second-order valence-electron chi connectivity index (χ2n) is 7.19. The first-order valence-corrected chi connectivity index (χ1v) is 11.0. The molecule has 1 fully saturated rings. The number of rotatable bonds is 5. The fourth-order valence-corrected chi connectivity index (χ4v) is 4.70. The van der Waals surface area contributed by atoms with Crippen LogP contribution in [-0.4, -0.2) is 31.3 Å². The number of fused-ring (bicyclic) bond motifs is 1. The minimum absolute atomic E-state index is 0.0444. The Bertz CT molecular complexity index is 964. The van der Waals surface area contributed by atoms with E-state index in [9.17, 15) is 13.5 Å². The third-order valence-electron chi connectivity index (χ3n) is 5.06. The van der Waals surface area contributed by atoms with Gasteiger partial charge in [-0.3, -0.25) is 4.72 Å². The summed E-state index contributed by atoms with van der Waals surface area (Å²) < 4.78 is 28.3. The van der Waals surface area contributed by atoms with Crippen LogP contribution >= 0.6 is 0 Å². The van der Waals surface area contributed by atoms with Gasteiger partial charge in [0.15, 0.2) is 11.6 Å². The van der Waals surface area contributed by atoms with Gasteiger partial charge in [0.1, 0.15) is 0 Å². The first-order valence-electron chi connectivity index (χ1n) is 9.50. The zero-order valence-electron chi connectivity index (χ0n) is 15.4. The number of allylic oxidation sites excluding steroid dienone is 2. The minimum atomic E-state index is -3.74. The molecule has 0 amide bonds. The minimum Gasteiger partial charge on any atom is -0.512 e. The Hall–Kier alpha value is -2.74. The highest BCUT2D eigenvalue weighted by atomic mass is 32.2. The molecule has 1 aromatic carbocycles. The monoisotopic (exact) mass is 400 g/mol. The molecule has 0 radical (unpaired) electrons. The Morgan fingerprint density at radius 2 is 2.00 bits per heavy atom. The molecule has 4 N–H and O–H groups in total. The molecule has 7 nitrogen and oxygen atoms in total. The van der Waals surface area contributed by atoms with Crippen molar-refractivity contribution in [2.24, 2.45) is 4.99 Å². The van der Waals surface area contributed by atoms with Crippen molar-refractivity contribution in [1.29, 1.82) is 0 Å². The fraction of sp³-hybridized carbons (Fsp3) is 0.350. The van der Waals surface area contributed by atoms with Crippen molar-refractivity contribution in [3.8, 4) is 0 Å². The van der Waals surface area contributed by atoms with E-state index in [2.05, 4.69) is 15.4 Å². The van der Waals surface area contributed by atoms with E-state index in [-0.39, 0.29) is 22.7 Å². The Morgan fingerprint density at radius 1 is 1.18 bits per heavy atom. The number of hydrogen-bond acceptors (Lipinski definition) is 6. The second kappa shape index (κ2) is 7.71. The molecular weight excluding hydrogens is 376 g/mol. The molecule has 2 aliphatic carbocycles. The molecule has 0 bridgehead atoms. The number of nitrogens with one attached hydrogen (secondary N) is 3. The van der Waals surface area contributed by atoms with E-state index in [4.69, 9.17) is 4.99 Å². The van der Waals surface area contributed by atoms with E-state index in [0.717, 1.165) is 31.4 Å². The highest BCUT2D eigenvalue weighted by Gasteiger charge is 2.30. The Kier molecular flexibility index (Phi) is 5.13. The molecule has 28 heavy (non-hydrogen) atoms. The third-order valence-corrected chi connectivity index (χ3v) is 6.43. The molecule has 1 aromatic rings. The Morgan fingerprint density at radius 3 is 2.79 bits per heavy atom. The van der Waals surface area contributed by atoms with Gasteiger partial charge in [0.25, 0.3) is 10.0 Å². The SMILES string of the molecule is O=S(=O)(NC1=C(NC2C=CC=C(O)C2)N=C2CCCCC2N1)c1ccccc1. The maximum Gasteiger partial charge on any atom is 0.263 e. The van der Waals surface area contributed by atoms with Crippen molar-refractivity contribution in [3.63, 3.8) is 0 Å². The molecule has 2 unspecified atom stereocenters. The van der Waals surface area contributed by atoms with Crippen molar-refractivity contribution in [2.75, 3.05) is 0 Å². The van der Waals surface area contributed by atoms with Gasteiger partial charge in [-0.2, -0.15) is 0 Å². The number of hydrogen-bond donors (Lipinski definition) is 4. The van der Waals surface area contributed by atoms with Crippen LogP contribution in [0.2, 0.25) is 0 Å². The van der Waals surface area contributed by atoms with E-state index < -0.39 is 10.0 Å². The van der Waals surface area contributed by atoms with Crippen molar-refractivity contribution in [1.82, 2.24) is 15.4 Å². The van der Waals surface area contributed by atoms with Crippen molar-refractivity contribution in [3.05, 3.63) is 66.0 Å². The number of aliphatic hydroxyl groups excluding tert-OH is 1. The standard InChI is InChI=1S/C20H24N4O3S/c25-15-8-6-7-14(13-15)21-19-20(23-18-12-5-4-11-17(18)22-19)24-28(26,27)16-9-2-1-3-10-16/h1-3,6-10,14,18,21,23-25H,4-5,11-13H2. The summed E-state index contributed by atoms with van der Waals surface area (Å²) >= 11 is 0. The average Bonchev–Trinajstić information content (AvgIpc) is 2.69. The summed E-state index contributed by atoms with van der Waals surface area (Å²) in [4.78, 5) is 4.94. The van der Waals surface area contributed by atoms with Gasteiger partial charge in [-0.25, -0.2) is 13.4 Å². The van der Waals surface area contributed by atoms with Gasteiger partial charge >= 0.3 is 0 Å². The van der Waals surface area contributed by atoms with Gasteiger partial charge in [0.2, 0.25) is 0 Å². The molecule has 4 rings (SSSR count). The van der Waals surface area contributed by atoms with Crippen LogP contribution in [-0.2, 0) is 10.0 Å². The van der Waals surface area contributed by atoms with Crippen LogP contribution < -0.4 is 15.4 Å². The van der Waals surface area contributed by atoms with E-state index in [1.165, 1.54) is 0 Å². The van der Waals surface area contributed by atoms with E-state index in [1.807, 2.05) is 6.08 Å². The van der Waals surface area contributed by atoms with Crippen molar-refractivity contribution in [2.45, 2.75) is 49.1 Å². The van der Waals surface area contributed by atoms with Gasteiger partial charge in [0.05, 0.1) is 22.7 Å². The average molecular weight is 401 g/mol. The van der Waals surface area contributed by atoms with Gasteiger partial charge in [-0.1, -0.05) is 36.8 Å². The number of benzene rings is 1. The molecular formula is C20H24N4O3S. The number of nitrogens with zero attached hydrogens (tertiary/aromatic N) is 1. The molecule has 3 aliphatic rings. The smallest absolute Gasteiger partial charge is 0.263 e. The zero-order valence-corrected chi connectivity index (χ0v) is 16.2. The van der Waals surface area contributed by atoms with Gasteiger partial charge in [-0.05, 0) is 37.5 Å². The predicted molar refractivity (Wildman–Crippen MR) is 108 cm³/mol. The number of aliphatic hydroxyl groups is 1. The van der Waals surface area contributed by atoms with E-state index >= 15 is 0 Å². The largest absolute Gasteiger partial charge is 0.512 e. The van der Waals surface area contributed by atoms with Gasteiger partial charge < -0.3 is 15.7 Å². The summed E-state index contributed by atoms with van der Waals surface area (Å²) in [6.07, 6.45) is 9.76.